The van der Waals surface area contributed by atoms with Gasteiger partial charge in [0.2, 0.25) is 0 Å². The van der Waals surface area contributed by atoms with Crippen LogP contribution in [0.2, 0.25) is 10.0 Å². The van der Waals surface area contributed by atoms with Crippen LogP contribution < -0.4 is 10.1 Å². The van der Waals surface area contributed by atoms with Crippen LogP contribution in [0.15, 0.2) is 36.4 Å². The first-order chi connectivity index (χ1) is 11.3. The van der Waals surface area contributed by atoms with Gasteiger partial charge in [-0.05, 0) is 36.4 Å². The lowest BCUT2D eigenvalue weighted by atomic mass is 9.88. The van der Waals surface area contributed by atoms with Crippen molar-refractivity contribution in [2.45, 2.75) is 12.0 Å². The summed E-state index contributed by atoms with van der Waals surface area (Å²) in [6.07, 6.45) is -0.431. The van der Waals surface area contributed by atoms with E-state index >= 15 is 0 Å². The van der Waals surface area contributed by atoms with E-state index in [1.54, 1.807) is 24.3 Å². The monoisotopic (exact) mass is 365 g/mol. The summed E-state index contributed by atoms with van der Waals surface area (Å²) in [6.45, 7) is 0. The number of methoxy groups -OCH3 is 1. The van der Waals surface area contributed by atoms with Gasteiger partial charge in [-0.25, -0.2) is 0 Å². The molecular formula is C17H13Cl2NO4. The van der Waals surface area contributed by atoms with Gasteiger partial charge >= 0.3 is 0 Å². The van der Waals surface area contributed by atoms with E-state index in [4.69, 9.17) is 27.9 Å². The van der Waals surface area contributed by atoms with Crippen LogP contribution in [0, 0.1) is 0 Å². The molecule has 2 aromatic rings. The van der Waals surface area contributed by atoms with Gasteiger partial charge in [-0.3, -0.25) is 9.59 Å². The van der Waals surface area contributed by atoms with Crippen molar-refractivity contribution in [1.82, 2.24) is 0 Å². The number of carbonyl (C=O) groups excluding carboxylic acids is 2. The molecule has 0 radical (unpaired) electrons. The molecule has 1 heterocycles. The second-order valence-electron chi connectivity index (χ2n) is 5.45. The minimum Gasteiger partial charge on any atom is -0.497 e. The van der Waals surface area contributed by atoms with E-state index in [1.165, 1.54) is 19.2 Å². The Morgan fingerprint density at radius 1 is 1.25 bits per heavy atom. The third kappa shape index (κ3) is 2.75. The van der Waals surface area contributed by atoms with Crippen molar-refractivity contribution in [2.24, 2.45) is 0 Å². The molecule has 5 nitrogen and oxygen atoms in total. The predicted molar refractivity (Wildman–Crippen MR) is 90.9 cm³/mol. The molecule has 0 saturated heterocycles. The van der Waals surface area contributed by atoms with Gasteiger partial charge in [-0.1, -0.05) is 23.2 Å². The molecule has 1 aliphatic heterocycles. The highest BCUT2D eigenvalue weighted by Gasteiger charge is 2.48. The maximum absolute atomic E-state index is 12.5. The Bertz CT molecular complexity index is 835. The minimum atomic E-state index is -2.03. The highest BCUT2D eigenvalue weighted by Crippen LogP contribution is 2.44. The fourth-order valence-electron chi connectivity index (χ4n) is 2.71. The van der Waals surface area contributed by atoms with Gasteiger partial charge in [0, 0.05) is 16.1 Å². The Hall–Kier alpha value is -2.08. The highest BCUT2D eigenvalue weighted by molar-refractivity contribution is 6.36. The number of Topliss-reactive ketones (excluding diaryl/α,β-unsaturated/α-hetero) is 1. The molecule has 1 amide bonds. The number of fused-ring (bicyclic) bond motifs is 1. The number of amides is 1. The van der Waals surface area contributed by atoms with E-state index in [-0.39, 0.29) is 10.6 Å². The lowest BCUT2D eigenvalue weighted by Crippen LogP contribution is -2.36. The average Bonchev–Trinajstić information content (AvgIpc) is 2.77. The second-order valence-corrected chi connectivity index (χ2v) is 6.30. The number of hydrogen-bond acceptors (Lipinski definition) is 4. The number of anilines is 1. The van der Waals surface area contributed by atoms with E-state index in [0.29, 0.717) is 22.0 Å². The molecule has 0 aromatic heterocycles. The molecule has 3 rings (SSSR count). The molecule has 24 heavy (non-hydrogen) atoms. The largest absolute Gasteiger partial charge is 0.497 e. The quantitative estimate of drug-likeness (QED) is 0.814. The van der Waals surface area contributed by atoms with Gasteiger partial charge in [0.15, 0.2) is 11.4 Å². The standard InChI is InChI=1S/C17H13Cl2NO4/c1-24-11-4-2-9(3-5-11)14(21)8-17(23)15-12(19)6-10(18)7-13(15)20-16(17)22/h2-7,23H,8H2,1H3,(H,20,22). The predicted octanol–water partition coefficient (Wildman–Crippen LogP) is 3.41. The van der Waals surface area contributed by atoms with Crippen LogP contribution in [-0.2, 0) is 10.4 Å². The van der Waals surface area contributed by atoms with E-state index in [1.807, 2.05) is 0 Å². The summed E-state index contributed by atoms with van der Waals surface area (Å²) in [7, 11) is 1.52. The molecule has 0 saturated carbocycles. The maximum Gasteiger partial charge on any atom is 0.261 e. The van der Waals surface area contributed by atoms with Gasteiger partial charge in [0.25, 0.3) is 5.91 Å². The SMILES string of the molecule is COc1ccc(C(=O)CC2(O)C(=O)Nc3cc(Cl)cc(Cl)c32)cc1. The van der Waals surface area contributed by atoms with Gasteiger partial charge in [-0.15, -0.1) is 0 Å². The molecule has 0 fully saturated rings. The van der Waals surface area contributed by atoms with Crippen molar-refractivity contribution >= 4 is 40.6 Å². The van der Waals surface area contributed by atoms with Crippen molar-refractivity contribution in [2.75, 3.05) is 12.4 Å². The number of nitrogens with one attached hydrogen (secondary N) is 1. The fourth-order valence-corrected chi connectivity index (χ4v) is 3.36. The van der Waals surface area contributed by atoms with E-state index in [2.05, 4.69) is 5.32 Å². The number of rotatable bonds is 4. The molecular weight excluding hydrogens is 353 g/mol. The topological polar surface area (TPSA) is 75.6 Å². The van der Waals surface area contributed by atoms with Crippen molar-refractivity contribution in [3.8, 4) is 5.75 Å². The summed E-state index contributed by atoms with van der Waals surface area (Å²) in [5.41, 5.74) is -1.20. The molecule has 1 atom stereocenters. The summed E-state index contributed by atoms with van der Waals surface area (Å²) >= 11 is 12.0. The molecule has 2 aromatic carbocycles. The molecule has 1 aliphatic rings. The summed E-state index contributed by atoms with van der Waals surface area (Å²) < 4.78 is 5.04. The molecule has 0 aliphatic carbocycles. The van der Waals surface area contributed by atoms with Crippen LogP contribution in [-0.4, -0.2) is 23.9 Å². The summed E-state index contributed by atoms with van der Waals surface area (Å²) in [6, 6.07) is 9.31. The first-order valence-electron chi connectivity index (χ1n) is 7.06. The second kappa shape index (κ2) is 6.09. The summed E-state index contributed by atoms with van der Waals surface area (Å²) in [5.74, 6) is -0.496. The van der Waals surface area contributed by atoms with Crippen LogP contribution in [0.5, 0.6) is 5.75 Å². The Morgan fingerprint density at radius 3 is 2.54 bits per heavy atom. The normalized spacial score (nSPS) is 18.9. The molecule has 0 bridgehead atoms. The van der Waals surface area contributed by atoms with E-state index in [0.717, 1.165) is 0 Å². The Kier molecular flexibility index (Phi) is 4.25. The number of ether oxygens (including phenoxy) is 1. The molecule has 7 heteroatoms. The smallest absolute Gasteiger partial charge is 0.261 e. The number of aliphatic hydroxyl groups is 1. The number of halogens is 2. The molecule has 0 spiro atoms. The van der Waals surface area contributed by atoms with Gasteiger partial charge < -0.3 is 15.2 Å². The van der Waals surface area contributed by atoms with Crippen LogP contribution in [0.3, 0.4) is 0 Å². The minimum absolute atomic E-state index is 0.126. The zero-order valence-corrected chi connectivity index (χ0v) is 14.1. The van der Waals surface area contributed by atoms with Crippen LogP contribution in [0.4, 0.5) is 5.69 Å². The van der Waals surface area contributed by atoms with Crippen LogP contribution in [0.25, 0.3) is 0 Å². The highest BCUT2D eigenvalue weighted by atomic mass is 35.5. The van der Waals surface area contributed by atoms with Crippen molar-refractivity contribution in [1.29, 1.82) is 0 Å². The fraction of sp³-hybridized carbons (Fsp3) is 0.176. The van der Waals surface area contributed by atoms with E-state index < -0.39 is 23.7 Å². The van der Waals surface area contributed by atoms with Crippen LogP contribution in [0.1, 0.15) is 22.3 Å². The Morgan fingerprint density at radius 2 is 1.92 bits per heavy atom. The maximum atomic E-state index is 12.5. The van der Waals surface area contributed by atoms with Crippen molar-refractivity contribution in [3.63, 3.8) is 0 Å². The molecule has 1 unspecified atom stereocenters. The Labute approximate surface area is 148 Å². The first kappa shape index (κ1) is 16.8. The Balaban J connectivity index is 1.94. The van der Waals surface area contributed by atoms with Gasteiger partial charge in [0.05, 0.1) is 24.2 Å². The van der Waals surface area contributed by atoms with Crippen molar-refractivity contribution in [3.05, 3.63) is 57.6 Å². The third-order valence-electron chi connectivity index (χ3n) is 3.92. The summed E-state index contributed by atoms with van der Waals surface area (Å²) in [4.78, 5) is 24.7. The van der Waals surface area contributed by atoms with Crippen molar-refractivity contribution < 1.29 is 19.4 Å². The zero-order valence-electron chi connectivity index (χ0n) is 12.6. The third-order valence-corrected chi connectivity index (χ3v) is 4.44. The summed E-state index contributed by atoms with van der Waals surface area (Å²) in [5, 5.41) is 13.8. The number of ketones is 1. The first-order valence-corrected chi connectivity index (χ1v) is 7.81. The number of carbonyl (C=O) groups is 2. The lowest BCUT2D eigenvalue weighted by Gasteiger charge is -2.21. The average molecular weight is 366 g/mol. The molecule has 2 N–H and O–H groups in total. The van der Waals surface area contributed by atoms with Gasteiger partial charge in [0.1, 0.15) is 5.75 Å². The van der Waals surface area contributed by atoms with Crippen LogP contribution >= 0.6 is 23.2 Å². The van der Waals surface area contributed by atoms with Gasteiger partial charge in [-0.2, -0.15) is 0 Å². The number of hydrogen-bond donors (Lipinski definition) is 2. The zero-order chi connectivity index (χ0) is 17.5. The lowest BCUT2D eigenvalue weighted by molar-refractivity contribution is -0.133. The number of benzene rings is 2. The van der Waals surface area contributed by atoms with E-state index in [9.17, 15) is 14.7 Å². The molecule has 124 valence electrons.